The van der Waals surface area contributed by atoms with Gasteiger partial charge in [0.15, 0.2) is 0 Å². The average Bonchev–Trinajstić information content (AvgIpc) is 3.49. The molecule has 2 heterocycles. The topological polar surface area (TPSA) is 124 Å². The van der Waals surface area contributed by atoms with Gasteiger partial charge in [0, 0.05) is 46.9 Å². The number of carbonyl (C=O) groups excluding carboxylic acids is 1. The molecule has 3 aliphatic carbocycles. The van der Waals surface area contributed by atoms with E-state index in [0.717, 1.165) is 19.3 Å². The van der Waals surface area contributed by atoms with Crippen molar-refractivity contribution in [2.45, 2.75) is 93.4 Å². The van der Waals surface area contributed by atoms with Gasteiger partial charge in [0.25, 0.3) is 0 Å². The number of ether oxygens (including phenoxy) is 1. The number of carboxylic acid groups (broad SMARTS) is 2. The Labute approximate surface area is 317 Å². The van der Waals surface area contributed by atoms with Crippen molar-refractivity contribution in [1.29, 1.82) is 0 Å². The molecule has 3 fully saturated rings. The first-order chi connectivity index (χ1) is 25.5. The Morgan fingerprint density at radius 1 is 0.868 bits per heavy atom. The fourth-order valence-corrected chi connectivity index (χ4v) is 10.5. The number of aromatic hydroxyl groups is 1. The molecule has 5 unspecified atom stereocenters. The summed E-state index contributed by atoms with van der Waals surface area (Å²) < 4.78 is 5.83. The van der Waals surface area contributed by atoms with E-state index in [4.69, 9.17) is 14.9 Å². The number of aliphatic carboxylic acids is 2. The smallest absolute Gasteiger partial charge is 0.328 e. The fraction of sp³-hybridized carbons (Fsp3) is 0.432. The van der Waals surface area contributed by atoms with Crippen LogP contribution in [0.4, 0.5) is 0 Å². The van der Waals surface area contributed by atoms with E-state index in [1.54, 1.807) is 5.57 Å². The minimum atomic E-state index is -1.26. The molecule has 3 aromatic carbocycles. The molecular weight excluding hydrogens is 687 g/mol. The van der Waals surface area contributed by atoms with Gasteiger partial charge >= 0.3 is 17.9 Å². The van der Waals surface area contributed by atoms with E-state index in [-0.39, 0.29) is 17.5 Å². The highest BCUT2D eigenvalue weighted by Crippen LogP contribution is 2.61. The molecule has 0 amide bonds. The number of rotatable bonds is 4. The second-order valence-electron chi connectivity index (χ2n) is 15.1. The molecule has 8 rings (SSSR count). The Balaban J connectivity index is 0.000000152. The number of benzene rings is 3. The molecule has 0 bridgehead atoms. The van der Waals surface area contributed by atoms with Crippen molar-refractivity contribution in [3.8, 4) is 5.75 Å². The van der Waals surface area contributed by atoms with Gasteiger partial charge in [-0.3, -0.25) is 4.79 Å². The lowest BCUT2D eigenvalue weighted by molar-refractivity contribution is -0.157. The molecule has 9 heteroatoms. The summed E-state index contributed by atoms with van der Waals surface area (Å²) in [5.74, 6) is -0.194. The number of nitrogens with zero attached hydrogens (tertiary/aromatic N) is 1. The van der Waals surface area contributed by atoms with Gasteiger partial charge in [-0.1, -0.05) is 73.6 Å². The van der Waals surface area contributed by atoms with Crippen LogP contribution in [0.3, 0.4) is 0 Å². The molecule has 5 aliphatic rings. The SMILES string of the molecule is CCC(=O)OC1CCC2C3CCc4cc(O)ccc4C3CCC12C.CN1CCC(=C2c3ccccc3Sc3ccccc32)CC1.O=C(O)C=CC(=O)O. The van der Waals surface area contributed by atoms with Crippen molar-refractivity contribution in [1.82, 2.24) is 4.90 Å². The number of aryl methyl sites for hydroxylation is 1. The number of piperidine rings is 1. The highest BCUT2D eigenvalue weighted by Gasteiger charge is 2.56. The number of phenolic OH excluding ortho intramolecular Hbond substituents is 1. The van der Waals surface area contributed by atoms with Crippen LogP contribution in [0.5, 0.6) is 5.75 Å². The molecule has 1 saturated heterocycles. The third-order valence-electron chi connectivity index (χ3n) is 12.0. The van der Waals surface area contributed by atoms with Crippen LogP contribution in [-0.4, -0.2) is 64.4 Å². The molecule has 280 valence electrons. The third-order valence-corrected chi connectivity index (χ3v) is 13.2. The molecule has 3 N–H and O–H groups in total. The number of esters is 1. The Kier molecular flexibility index (Phi) is 12.1. The van der Waals surface area contributed by atoms with Crippen LogP contribution in [0.1, 0.15) is 93.4 Å². The van der Waals surface area contributed by atoms with Gasteiger partial charge in [0.1, 0.15) is 11.9 Å². The summed E-state index contributed by atoms with van der Waals surface area (Å²) in [6.07, 6.45) is 10.9. The summed E-state index contributed by atoms with van der Waals surface area (Å²) in [6, 6.07) is 23.7. The molecule has 8 nitrogen and oxygen atoms in total. The third kappa shape index (κ3) is 8.57. The first-order valence-corrected chi connectivity index (χ1v) is 19.7. The maximum atomic E-state index is 11.8. The van der Waals surface area contributed by atoms with E-state index >= 15 is 0 Å². The number of carbonyl (C=O) groups is 3. The van der Waals surface area contributed by atoms with Gasteiger partial charge in [-0.25, -0.2) is 9.59 Å². The number of phenols is 1. The van der Waals surface area contributed by atoms with Crippen molar-refractivity contribution in [3.63, 3.8) is 0 Å². The molecule has 53 heavy (non-hydrogen) atoms. The Morgan fingerprint density at radius 2 is 1.49 bits per heavy atom. The minimum absolute atomic E-state index is 0.0477. The highest BCUT2D eigenvalue weighted by atomic mass is 32.2. The Morgan fingerprint density at radius 3 is 2.09 bits per heavy atom. The standard InChI is InChI=1S/C21H28O3.C19H19NS.C4H4O4/c1-3-20(23)24-19-9-8-18-17-6-4-13-12-14(22)5-7-15(13)16(17)10-11-21(18,19)2;1-20-12-10-14(11-13-20)19-15-6-2-4-8-17(15)21-18-9-5-3-7-16(18)19;5-3(6)1-2-4(7)8/h5,7,12,16-19,22H,3-4,6,8-11H2,1-2H3;2-9H,10-13H2,1H3;1-2H,(H,5,6)(H,7,8). The van der Waals surface area contributed by atoms with Gasteiger partial charge in [0.05, 0.1) is 0 Å². The van der Waals surface area contributed by atoms with Crippen LogP contribution < -0.4 is 0 Å². The van der Waals surface area contributed by atoms with Gasteiger partial charge in [-0.15, -0.1) is 0 Å². The predicted octanol–water partition coefficient (Wildman–Crippen LogP) is 8.96. The zero-order chi connectivity index (χ0) is 37.7. The van der Waals surface area contributed by atoms with Crippen molar-refractivity contribution >= 4 is 35.2 Å². The summed E-state index contributed by atoms with van der Waals surface area (Å²) in [7, 11) is 2.22. The van der Waals surface area contributed by atoms with Crippen molar-refractivity contribution in [2.24, 2.45) is 17.3 Å². The normalized spacial score (nSPS) is 25.6. The molecule has 0 aromatic heterocycles. The molecular formula is C44H51NO7S. The van der Waals surface area contributed by atoms with Crippen molar-refractivity contribution < 1.29 is 34.4 Å². The number of likely N-dealkylation sites (tertiary alicyclic amines) is 1. The van der Waals surface area contributed by atoms with Crippen LogP contribution >= 0.6 is 11.8 Å². The Hall–Kier alpha value is -4.34. The largest absolute Gasteiger partial charge is 0.508 e. The summed E-state index contributed by atoms with van der Waals surface area (Å²) in [6.45, 7) is 6.59. The number of fused-ring (bicyclic) bond motifs is 7. The Bertz CT molecular complexity index is 1830. The minimum Gasteiger partial charge on any atom is -0.508 e. The molecule has 3 aromatic rings. The molecule has 0 spiro atoms. The van der Waals surface area contributed by atoms with E-state index in [9.17, 15) is 19.5 Å². The number of carboxylic acids is 2. The van der Waals surface area contributed by atoms with Gasteiger partial charge in [0.2, 0.25) is 0 Å². The van der Waals surface area contributed by atoms with Gasteiger partial charge in [-0.05, 0) is 128 Å². The molecule has 2 saturated carbocycles. The number of hydrogen-bond acceptors (Lipinski definition) is 7. The lowest BCUT2D eigenvalue weighted by atomic mass is 9.55. The van der Waals surface area contributed by atoms with Crippen molar-refractivity contribution in [2.75, 3.05) is 20.1 Å². The summed E-state index contributed by atoms with van der Waals surface area (Å²) in [4.78, 5) is 36.2. The van der Waals surface area contributed by atoms with E-state index in [0.29, 0.717) is 42.1 Å². The quantitative estimate of drug-likeness (QED) is 0.139. The zero-order valence-electron chi connectivity index (χ0n) is 30.9. The van der Waals surface area contributed by atoms with E-state index in [2.05, 4.69) is 73.5 Å². The monoisotopic (exact) mass is 737 g/mol. The lowest BCUT2D eigenvalue weighted by Gasteiger charge is -2.50. The van der Waals surface area contributed by atoms with E-state index in [1.165, 1.54) is 82.8 Å². The highest BCUT2D eigenvalue weighted by molar-refractivity contribution is 7.99. The van der Waals surface area contributed by atoms with Gasteiger partial charge < -0.3 is 25.0 Å². The molecule has 0 radical (unpaired) electrons. The first-order valence-electron chi connectivity index (χ1n) is 18.9. The van der Waals surface area contributed by atoms with E-state index in [1.807, 2.05) is 30.8 Å². The van der Waals surface area contributed by atoms with Crippen LogP contribution in [0.25, 0.3) is 5.57 Å². The molecule has 2 aliphatic heterocycles. The summed E-state index contributed by atoms with van der Waals surface area (Å²) in [5.41, 5.74) is 8.95. The van der Waals surface area contributed by atoms with Crippen LogP contribution in [0.15, 0.2) is 94.2 Å². The van der Waals surface area contributed by atoms with Crippen molar-refractivity contribution in [3.05, 3.63) is 107 Å². The maximum absolute atomic E-state index is 11.8. The van der Waals surface area contributed by atoms with Crippen LogP contribution in [0, 0.1) is 17.3 Å². The van der Waals surface area contributed by atoms with E-state index < -0.39 is 11.9 Å². The number of hydrogen-bond donors (Lipinski definition) is 3. The molecule has 5 atom stereocenters. The predicted molar refractivity (Wildman–Crippen MR) is 207 cm³/mol. The second-order valence-corrected chi connectivity index (χ2v) is 16.2. The zero-order valence-corrected chi connectivity index (χ0v) is 31.7. The average molecular weight is 738 g/mol. The van der Waals surface area contributed by atoms with Crippen LogP contribution in [-0.2, 0) is 25.5 Å². The second kappa shape index (κ2) is 16.8. The first kappa shape index (κ1) is 38.4. The summed E-state index contributed by atoms with van der Waals surface area (Å²) >= 11 is 1.91. The lowest BCUT2D eigenvalue weighted by Crippen LogP contribution is -2.45. The van der Waals surface area contributed by atoms with Crippen LogP contribution in [0.2, 0.25) is 0 Å². The fourth-order valence-electron chi connectivity index (χ4n) is 9.41. The van der Waals surface area contributed by atoms with Gasteiger partial charge in [-0.2, -0.15) is 0 Å². The maximum Gasteiger partial charge on any atom is 0.328 e. The summed E-state index contributed by atoms with van der Waals surface area (Å²) in [5, 5.41) is 25.4.